The van der Waals surface area contributed by atoms with E-state index in [4.69, 9.17) is 14.6 Å². The summed E-state index contributed by atoms with van der Waals surface area (Å²) in [6.45, 7) is 4.83. The van der Waals surface area contributed by atoms with Crippen LogP contribution in [0.5, 0.6) is 5.75 Å². The molecule has 1 saturated heterocycles. The lowest BCUT2D eigenvalue weighted by molar-refractivity contribution is -0.150. The summed E-state index contributed by atoms with van der Waals surface area (Å²) in [6.07, 6.45) is -0.558. The van der Waals surface area contributed by atoms with Crippen LogP contribution in [0, 0.1) is 0 Å². The van der Waals surface area contributed by atoms with Gasteiger partial charge in [-0.1, -0.05) is 18.2 Å². The highest BCUT2D eigenvalue weighted by molar-refractivity contribution is 5.88. The Labute approximate surface area is 136 Å². The zero-order valence-electron chi connectivity index (χ0n) is 13.7. The number of para-hydroxylation sites is 1. The minimum Gasteiger partial charge on any atom is -0.496 e. The highest BCUT2D eigenvalue weighted by Gasteiger charge is 2.38. The van der Waals surface area contributed by atoms with E-state index >= 15 is 0 Å². The number of ether oxygens (including phenoxy) is 2. The first-order chi connectivity index (χ1) is 10.9. The quantitative estimate of drug-likeness (QED) is 0.893. The average Bonchev–Trinajstić information content (AvgIpc) is 2.53. The van der Waals surface area contributed by atoms with Crippen molar-refractivity contribution >= 4 is 11.9 Å². The summed E-state index contributed by atoms with van der Waals surface area (Å²) in [6, 6.07) is 7.45. The Hall–Kier alpha value is -2.08. The molecular formula is C17H23NO5. The number of benzene rings is 1. The fourth-order valence-corrected chi connectivity index (χ4v) is 2.89. The number of amides is 1. The van der Waals surface area contributed by atoms with E-state index < -0.39 is 17.5 Å². The third-order valence-corrected chi connectivity index (χ3v) is 4.14. The number of nitrogens with zero attached hydrogens (tertiary/aromatic N) is 1. The second-order valence-corrected chi connectivity index (χ2v) is 6.17. The van der Waals surface area contributed by atoms with Gasteiger partial charge in [-0.15, -0.1) is 0 Å². The molecule has 23 heavy (non-hydrogen) atoms. The first kappa shape index (κ1) is 17.3. The number of aliphatic carboxylic acids is 1. The second-order valence-electron chi connectivity index (χ2n) is 6.17. The molecule has 1 heterocycles. The Morgan fingerprint density at radius 3 is 2.74 bits per heavy atom. The molecule has 2 rings (SSSR count). The van der Waals surface area contributed by atoms with Gasteiger partial charge in [0.1, 0.15) is 5.75 Å². The van der Waals surface area contributed by atoms with E-state index in [-0.39, 0.29) is 12.3 Å². The largest absolute Gasteiger partial charge is 0.496 e. The van der Waals surface area contributed by atoms with Crippen LogP contribution in [-0.4, -0.2) is 54.8 Å². The van der Waals surface area contributed by atoms with Gasteiger partial charge < -0.3 is 19.5 Å². The fraction of sp³-hybridized carbons (Fsp3) is 0.529. The SMILES string of the molecule is COc1ccccc1C(C)(C)C(=O)N1CCOC(CC(=O)O)C1. The van der Waals surface area contributed by atoms with Crippen molar-refractivity contribution in [2.45, 2.75) is 31.8 Å². The maximum atomic E-state index is 13.0. The third kappa shape index (κ3) is 3.82. The zero-order chi connectivity index (χ0) is 17.0. The van der Waals surface area contributed by atoms with E-state index in [9.17, 15) is 9.59 Å². The van der Waals surface area contributed by atoms with Crippen LogP contribution in [0.2, 0.25) is 0 Å². The van der Waals surface area contributed by atoms with Crippen molar-refractivity contribution in [3.63, 3.8) is 0 Å². The number of hydrogen-bond donors (Lipinski definition) is 1. The standard InChI is InChI=1S/C17H23NO5/c1-17(2,13-6-4-5-7-14(13)22-3)16(21)18-8-9-23-12(11-18)10-15(19)20/h4-7,12H,8-11H2,1-3H3,(H,19,20). The highest BCUT2D eigenvalue weighted by atomic mass is 16.5. The van der Waals surface area contributed by atoms with Gasteiger partial charge in [-0.05, 0) is 19.9 Å². The van der Waals surface area contributed by atoms with Crippen LogP contribution in [0.1, 0.15) is 25.8 Å². The van der Waals surface area contributed by atoms with Crippen molar-refractivity contribution in [1.82, 2.24) is 4.90 Å². The molecule has 1 aromatic carbocycles. The molecule has 0 saturated carbocycles. The highest BCUT2D eigenvalue weighted by Crippen LogP contribution is 2.33. The summed E-state index contributed by atoms with van der Waals surface area (Å²) in [7, 11) is 1.58. The number of methoxy groups -OCH3 is 1. The van der Waals surface area contributed by atoms with E-state index in [0.717, 1.165) is 5.56 Å². The number of rotatable bonds is 5. The molecule has 1 amide bonds. The molecule has 126 valence electrons. The first-order valence-corrected chi connectivity index (χ1v) is 7.62. The average molecular weight is 321 g/mol. The molecule has 1 aliphatic rings. The molecule has 1 fully saturated rings. The van der Waals surface area contributed by atoms with Gasteiger partial charge in [-0.3, -0.25) is 9.59 Å². The minimum absolute atomic E-state index is 0.0549. The molecule has 1 atom stereocenters. The van der Waals surface area contributed by atoms with E-state index in [1.54, 1.807) is 12.0 Å². The summed E-state index contributed by atoms with van der Waals surface area (Å²) in [4.78, 5) is 25.5. The van der Waals surface area contributed by atoms with E-state index in [1.807, 2.05) is 38.1 Å². The molecule has 6 nitrogen and oxygen atoms in total. The van der Waals surface area contributed by atoms with Gasteiger partial charge in [0.2, 0.25) is 5.91 Å². The summed E-state index contributed by atoms with van der Waals surface area (Å²) >= 11 is 0. The molecule has 1 aromatic rings. The molecule has 1 unspecified atom stereocenters. The Balaban J connectivity index is 2.19. The summed E-state index contributed by atoms with van der Waals surface area (Å²) in [5.41, 5.74) is 0.0475. The normalized spacial score (nSPS) is 18.6. The molecule has 1 N–H and O–H groups in total. The second kappa shape index (κ2) is 7.00. The third-order valence-electron chi connectivity index (χ3n) is 4.14. The van der Waals surface area contributed by atoms with Gasteiger partial charge >= 0.3 is 5.97 Å². The lowest BCUT2D eigenvalue weighted by atomic mass is 9.82. The topological polar surface area (TPSA) is 76.1 Å². The van der Waals surface area contributed by atoms with Crippen LogP contribution in [-0.2, 0) is 19.7 Å². The van der Waals surface area contributed by atoms with E-state index in [0.29, 0.717) is 25.4 Å². The molecule has 0 spiro atoms. The van der Waals surface area contributed by atoms with E-state index in [1.165, 1.54) is 0 Å². The monoisotopic (exact) mass is 321 g/mol. The van der Waals surface area contributed by atoms with Crippen LogP contribution >= 0.6 is 0 Å². The van der Waals surface area contributed by atoms with Crippen molar-refractivity contribution < 1.29 is 24.2 Å². The van der Waals surface area contributed by atoms with Gasteiger partial charge in [0, 0.05) is 18.7 Å². The van der Waals surface area contributed by atoms with Gasteiger partial charge in [0.05, 0.1) is 31.7 Å². The number of carboxylic acids is 1. The zero-order valence-corrected chi connectivity index (χ0v) is 13.7. The molecule has 0 aliphatic carbocycles. The molecular weight excluding hydrogens is 298 g/mol. The maximum Gasteiger partial charge on any atom is 0.306 e. The van der Waals surface area contributed by atoms with Crippen LogP contribution < -0.4 is 4.74 Å². The predicted molar refractivity (Wildman–Crippen MR) is 84.6 cm³/mol. The van der Waals surface area contributed by atoms with Crippen molar-refractivity contribution in [3.05, 3.63) is 29.8 Å². The summed E-state index contributed by atoms with van der Waals surface area (Å²) in [5.74, 6) is -0.310. The lowest BCUT2D eigenvalue weighted by Crippen LogP contribution is -2.51. The van der Waals surface area contributed by atoms with Crippen LogP contribution in [0.25, 0.3) is 0 Å². The van der Waals surface area contributed by atoms with Gasteiger partial charge in [0.15, 0.2) is 0 Å². The Kier molecular flexibility index (Phi) is 5.26. The van der Waals surface area contributed by atoms with Crippen LogP contribution in [0.4, 0.5) is 0 Å². The summed E-state index contributed by atoms with van der Waals surface area (Å²) < 4.78 is 10.8. The summed E-state index contributed by atoms with van der Waals surface area (Å²) in [5, 5.41) is 8.90. The maximum absolute atomic E-state index is 13.0. The van der Waals surface area contributed by atoms with Crippen molar-refractivity contribution in [1.29, 1.82) is 0 Å². The van der Waals surface area contributed by atoms with Crippen LogP contribution in [0.15, 0.2) is 24.3 Å². The van der Waals surface area contributed by atoms with Crippen LogP contribution in [0.3, 0.4) is 0 Å². The molecule has 1 aliphatic heterocycles. The van der Waals surface area contributed by atoms with Gasteiger partial charge in [-0.25, -0.2) is 0 Å². The number of hydrogen-bond acceptors (Lipinski definition) is 4. The molecule has 0 bridgehead atoms. The Morgan fingerprint density at radius 1 is 1.39 bits per heavy atom. The first-order valence-electron chi connectivity index (χ1n) is 7.62. The predicted octanol–water partition coefficient (Wildman–Crippen LogP) is 1.67. The number of carboxylic acid groups (broad SMARTS) is 1. The van der Waals surface area contributed by atoms with Gasteiger partial charge in [0.25, 0.3) is 0 Å². The van der Waals surface area contributed by atoms with Crippen molar-refractivity contribution in [3.8, 4) is 5.75 Å². The van der Waals surface area contributed by atoms with Crippen molar-refractivity contribution in [2.24, 2.45) is 0 Å². The van der Waals surface area contributed by atoms with E-state index in [2.05, 4.69) is 0 Å². The number of carbonyl (C=O) groups is 2. The Morgan fingerprint density at radius 2 is 2.09 bits per heavy atom. The molecule has 6 heteroatoms. The lowest BCUT2D eigenvalue weighted by Gasteiger charge is -2.37. The van der Waals surface area contributed by atoms with Crippen molar-refractivity contribution in [2.75, 3.05) is 26.8 Å². The number of morpholine rings is 1. The molecule has 0 radical (unpaired) electrons. The van der Waals surface area contributed by atoms with Gasteiger partial charge in [-0.2, -0.15) is 0 Å². The molecule has 0 aromatic heterocycles. The fourth-order valence-electron chi connectivity index (χ4n) is 2.89. The number of carbonyl (C=O) groups excluding carboxylic acids is 1. The minimum atomic E-state index is -0.923. The Bertz CT molecular complexity index is 584. The smallest absolute Gasteiger partial charge is 0.306 e.